The van der Waals surface area contributed by atoms with E-state index in [4.69, 9.17) is 16.3 Å². The topological polar surface area (TPSA) is 41.6 Å². The Labute approximate surface area is 167 Å². The van der Waals surface area contributed by atoms with E-state index in [2.05, 4.69) is 5.32 Å². The first-order valence-corrected chi connectivity index (χ1v) is 9.08. The maximum Gasteiger partial charge on any atom is 0.417 e. The largest absolute Gasteiger partial charge is 0.491 e. The molecule has 0 aliphatic carbocycles. The molecule has 4 nitrogen and oxygen atoms in total. The zero-order chi connectivity index (χ0) is 20.9. The number of hydrogen-bond donors (Lipinski definition) is 1. The second kappa shape index (κ2) is 9.30. The standard InChI is InChI=1S/C20H22ClF3N2O2/c1-4-13-6-5-7-17(28-11-10-26(2)3)18(13)19(27)25-14-8-9-16(21)15(12-14)20(22,23)24/h5-9,12H,4,10-11H2,1-3H3,(H,25,27). The number of ether oxygens (including phenoxy) is 1. The summed E-state index contributed by atoms with van der Waals surface area (Å²) >= 11 is 5.63. The third-order valence-corrected chi connectivity index (χ3v) is 4.38. The number of nitrogens with one attached hydrogen (secondary N) is 1. The van der Waals surface area contributed by atoms with Gasteiger partial charge in [0, 0.05) is 12.2 Å². The van der Waals surface area contributed by atoms with Gasteiger partial charge in [-0.2, -0.15) is 13.2 Å². The molecule has 1 amide bonds. The highest BCUT2D eigenvalue weighted by Gasteiger charge is 2.33. The van der Waals surface area contributed by atoms with E-state index in [9.17, 15) is 18.0 Å². The van der Waals surface area contributed by atoms with Crippen LogP contribution in [0.5, 0.6) is 5.75 Å². The summed E-state index contributed by atoms with van der Waals surface area (Å²) in [6.07, 6.45) is -4.04. The Morgan fingerprint density at radius 3 is 2.54 bits per heavy atom. The summed E-state index contributed by atoms with van der Waals surface area (Å²) < 4.78 is 44.9. The monoisotopic (exact) mass is 414 g/mol. The van der Waals surface area contributed by atoms with Crippen molar-refractivity contribution < 1.29 is 22.7 Å². The van der Waals surface area contributed by atoms with E-state index < -0.39 is 22.7 Å². The van der Waals surface area contributed by atoms with Crippen LogP contribution in [-0.4, -0.2) is 38.1 Å². The fourth-order valence-corrected chi connectivity index (χ4v) is 2.83. The van der Waals surface area contributed by atoms with E-state index in [0.717, 1.165) is 17.7 Å². The lowest BCUT2D eigenvalue weighted by molar-refractivity contribution is -0.137. The molecule has 2 rings (SSSR count). The SMILES string of the molecule is CCc1cccc(OCCN(C)C)c1C(=O)Nc1ccc(Cl)c(C(F)(F)F)c1. The lowest BCUT2D eigenvalue weighted by atomic mass is 10.0. The van der Waals surface area contributed by atoms with Crippen LogP contribution in [0.1, 0.15) is 28.4 Å². The van der Waals surface area contributed by atoms with Crippen LogP contribution in [0, 0.1) is 0 Å². The number of amides is 1. The van der Waals surface area contributed by atoms with Gasteiger partial charge in [-0.1, -0.05) is 30.7 Å². The van der Waals surface area contributed by atoms with Crippen LogP contribution in [-0.2, 0) is 12.6 Å². The first-order chi connectivity index (χ1) is 13.1. The summed E-state index contributed by atoms with van der Waals surface area (Å²) in [5.74, 6) is -0.142. The number of aryl methyl sites for hydroxylation is 1. The van der Waals surface area contributed by atoms with E-state index in [1.54, 1.807) is 18.2 Å². The van der Waals surface area contributed by atoms with Crippen molar-refractivity contribution in [3.63, 3.8) is 0 Å². The average Bonchev–Trinajstić information content (AvgIpc) is 2.61. The molecule has 1 N–H and O–H groups in total. The normalized spacial score (nSPS) is 11.6. The van der Waals surface area contributed by atoms with Gasteiger partial charge in [0.25, 0.3) is 5.91 Å². The van der Waals surface area contributed by atoms with E-state index in [0.29, 0.717) is 30.9 Å². The molecule has 2 aromatic rings. The molecular formula is C20H22ClF3N2O2. The fourth-order valence-electron chi connectivity index (χ4n) is 2.60. The summed E-state index contributed by atoms with van der Waals surface area (Å²) in [7, 11) is 3.80. The van der Waals surface area contributed by atoms with Gasteiger partial charge < -0.3 is 15.0 Å². The number of anilines is 1. The Morgan fingerprint density at radius 2 is 1.93 bits per heavy atom. The Kier molecular flexibility index (Phi) is 7.32. The quantitative estimate of drug-likeness (QED) is 0.684. The average molecular weight is 415 g/mol. The van der Waals surface area contributed by atoms with Gasteiger partial charge in [0.15, 0.2) is 0 Å². The maximum atomic E-state index is 13.1. The summed E-state index contributed by atoms with van der Waals surface area (Å²) in [4.78, 5) is 14.8. The predicted molar refractivity (Wildman–Crippen MR) is 104 cm³/mol. The summed E-state index contributed by atoms with van der Waals surface area (Å²) in [5, 5.41) is 2.10. The Bertz CT molecular complexity index is 839. The fraction of sp³-hybridized carbons (Fsp3) is 0.350. The number of carbonyl (C=O) groups is 1. The molecule has 28 heavy (non-hydrogen) atoms. The smallest absolute Gasteiger partial charge is 0.417 e. The lowest BCUT2D eigenvalue weighted by Crippen LogP contribution is -2.21. The van der Waals surface area contributed by atoms with Gasteiger partial charge in [-0.3, -0.25) is 4.79 Å². The van der Waals surface area contributed by atoms with E-state index in [1.807, 2.05) is 25.9 Å². The molecule has 0 heterocycles. The number of rotatable bonds is 7. The van der Waals surface area contributed by atoms with Crippen LogP contribution >= 0.6 is 11.6 Å². The number of alkyl halides is 3. The third kappa shape index (κ3) is 5.62. The molecule has 0 fully saturated rings. The van der Waals surface area contributed by atoms with Crippen molar-refractivity contribution in [2.24, 2.45) is 0 Å². The van der Waals surface area contributed by atoms with E-state index in [1.165, 1.54) is 6.07 Å². The minimum atomic E-state index is -4.61. The molecule has 152 valence electrons. The van der Waals surface area contributed by atoms with Crippen molar-refractivity contribution in [3.8, 4) is 5.75 Å². The van der Waals surface area contributed by atoms with Crippen LogP contribution in [0.4, 0.5) is 18.9 Å². The molecule has 0 aliphatic heterocycles. The summed E-state index contributed by atoms with van der Waals surface area (Å²) in [6.45, 7) is 2.92. The maximum absolute atomic E-state index is 13.1. The number of benzene rings is 2. The van der Waals surface area contributed by atoms with Crippen LogP contribution in [0.3, 0.4) is 0 Å². The molecule has 8 heteroatoms. The number of nitrogens with zero attached hydrogens (tertiary/aromatic N) is 1. The Hall–Kier alpha value is -2.25. The molecule has 0 atom stereocenters. The molecule has 0 bridgehead atoms. The first-order valence-electron chi connectivity index (χ1n) is 8.71. The van der Waals surface area contributed by atoms with Crippen LogP contribution in [0.2, 0.25) is 5.02 Å². The third-order valence-electron chi connectivity index (χ3n) is 4.05. The zero-order valence-corrected chi connectivity index (χ0v) is 16.6. The van der Waals surface area contributed by atoms with Gasteiger partial charge in [-0.25, -0.2) is 0 Å². The van der Waals surface area contributed by atoms with Crippen molar-refractivity contribution in [2.45, 2.75) is 19.5 Å². The van der Waals surface area contributed by atoms with Crippen LogP contribution < -0.4 is 10.1 Å². The van der Waals surface area contributed by atoms with Crippen molar-refractivity contribution in [1.82, 2.24) is 4.90 Å². The zero-order valence-electron chi connectivity index (χ0n) is 15.9. The molecule has 0 aromatic heterocycles. The van der Waals surface area contributed by atoms with Gasteiger partial charge in [0.2, 0.25) is 0 Å². The summed E-state index contributed by atoms with van der Waals surface area (Å²) in [6, 6.07) is 8.51. The minimum absolute atomic E-state index is 0.00636. The molecule has 0 saturated carbocycles. The van der Waals surface area contributed by atoms with Crippen molar-refractivity contribution in [3.05, 3.63) is 58.1 Å². The van der Waals surface area contributed by atoms with Crippen molar-refractivity contribution in [2.75, 3.05) is 32.6 Å². The highest BCUT2D eigenvalue weighted by atomic mass is 35.5. The van der Waals surface area contributed by atoms with Gasteiger partial charge in [-0.15, -0.1) is 0 Å². The predicted octanol–water partition coefficient (Wildman–Crippen LogP) is 5.11. The van der Waals surface area contributed by atoms with Crippen LogP contribution in [0.15, 0.2) is 36.4 Å². The molecule has 0 radical (unpaired) electrons. The molecular weight excluding hydrogens is 393 g/mol. The molecule has 0 spiro atoms. The Morgan fingerprint density at radius 1 is 1.21 bits per heavy atom. The minimum Gasteiger partial charge on any atom is -0.491 e. The highest BCUT2D eigenvalue weighted by molar-refractivity contribution is 6.31. The lowest BCUT2D eigenvalue weighted by Gasteiger charge is -2.17. The van der Waals surface area contributed by atoms with E-state index >= 15 is 0 Å². The van der Waals surface area contributed by atoms with Gasteiger partial charge in [0.1, 0.15) is 12.4 Å². The van der Waals surface area contributed by atoms with E-state index in [-0.39, 0.29) is 5.69 Å². The first kappa shape index (κ1) is 22.0. The molecule has 0 aliphatic rings. The van der Waals surface area contributed by atoms with Crippen molar-refractivity contribution in [1.29, 1.82) is 0 Å². The number of hydrogen-bond acceptors (Lipinski definition) is 3. The van der Waals surface area contributed by atoms with Gasteiger partial charge in [0.05, 0.1) is 16.1 Å². The van der Waals surface area contributed by atoms with Crippen LogP contribution in [0.25, 0.3) is 0 Å². The highest BCUT2D eigenvalue weighted by Crippen LogP contribution is 2.36. The number of carbonyl (C=O) groups excluding carboxylic acids is 1. The second-order valence-corrected chi connectivity index (χ2v) is 6.85. The number of likely N-dealkylation sites (N-methyl/N-ethyl adjacent to an activating group) is 1. The number of halogens is 4. The molecule has 0 unspecified atom stereocenters. The van der Waals surface area contributed by atoms with Crippen molar-refractivity contribution >= 4 is 23.2 Å². The summed E-state index contributed by atoms with van der Waals surface area (Å²) in [5.41, 5.74) is 0.0576. The Balaban J connectivity index is 2.31. The second-order valence-electron chi connectivity index (χ2n) is 6.44. The molecule has 0 saturated heterocycles. The van der Waals surface area contributed by atoms with Gasteiger partial charge in [-0.05, 0) is 50.3 Å². The molecule has 2 aromatic carbocycles. The van der Waals surface area contributed by atoms with Gasteiger partial charge >= 0.3 is 6.18 Å².